The third-order valence-electron chi connectivity index (χ3n) is 3.75. The Morgan fingerprint density at radius 2 is 1.81 bits per heavy atom. The Labute approximate surface area is 159 Å². The number of ether oxygens (including phenoxy) is 3. The first-order valence-corrected chi connectivity index (χ1v) is 9.69. The largest absolute Gasteiger partial charge is 0.497 e. The molecule has 1 unspecified atom stereocenters. The zero-order chi connectivity index (χ0) is 20.7. The molecule has 0 aliphatic heterocycles. The van der Waals surface area contributed by atoms with E-state index in [2.05, 4.69) is 11.3 Å². The topological polar surface area (TPSA) is 108 Å². The molecule has 0 bridgehead atoms. The summed E-state index contributed by atoms with van der Waals surface area (Å²) in [5, 5.41) is 0. The van der Waals surface area contributed by atoms with Crippen LogP contribution in [0.2, 0.25) is 0 Å². The van der Waals surface area contributed by atoms with Crippen molar-refractivity contribution in [1.29, 1.82) is 0 Å². The van der Waals surface area contributed by atoms with Gasteiger partial charge in [-0.2, -0.15) is 4.72 Å². The molecule has 1 atom stereocenters. The second-order valence-corrected chi connectivity index (χ2v) is 7.80. The summed E-state index contributed by atoms with van der Waals surface area (Å²) in [5.41, 5.74) is -1.52. The Hall–Kier alpha value is -2.39. The summed E-state index contributed by atoms with van der Waals surface area (Å²) >= 11 is 0. The second kappa shape index (κ2) is 9.52. The van der Waals surface area contributed by atoms with Crippen molar-refractivity contribution in [3.63, 3.8) is 0 Å². The molecule has 0 aliphatic rings. The molecule has 1 aromatic carbocycles. The summed E-state index contributed by atoms with van der Waals surface area (Å²) in [5.74, 6) is -1.17. The predicted molar refractivity (Wildman–Crippen MR) is 98.7 cm³/mol. The first-order chi connectivity index (χ1) is 12.6. The summed E-state index contributed by atoms with van der Waals surface area (Å²) < 4.78 is 42.6. The number of methoxy groups -OCH3 is 1. The molecule has 0 spiro atoms. The van der Waals surface area contributed by atoms with E-state index in [-0.39, 0.29) is 18.1 Å². The first kappa shape index (κ1) is 22.7. The standard InChI is InChI=1S/C18H25NO7S/c1-6-12-26-17(21)18(3,4)15(16(20)25-7-2)19-27(22,23)14-10-8-13(24-5)9-11-14/h6,8-11,15,19H,1,7,12H2,2-5H3. The lowest BCUT2D eigenvalue weighted by Gasteiger charge is -2.30. The van der Waals surface area contributed by atoms with Gasteiger partial charge in [-0.05, 0) is 45.0 Å². The molecule has 0 radical (unpaired) electrons. The monoisotopic (exact) mass is 399 g/mol. The van der Waals surface area contributed by atoms with Gasteiger partial charge in [0.05, 0.1) is 24.0 Å². The molecule has 0 aliphatic carbocycles. The number of hydrogen-bond donors (Lipinski definition) is 1. The summed E-state index contributed by atoms with van der Waals surface area (Å²) in [6.07, 6.45) is 1.37. The van der Waals surface area contributed by atoms with E-state index in [1.54, 1.807) is 6.92 Å². The lowest BCUT2D eigenvalue weighted by molar-refractivity contribution is -0.162. The third-order valence-corrected chi connectivity index (χ3v) is 5.18. The smallest absolute Gasteiger partial charge is 0.325 e. The highest BCUT2D eigenvalue weighted by Crippen LogP contribution is 2.26. The van der Waals surface area contributed by atoms with E-state index in [0.29, 0.717) is 5.75 Å². The van der Waals surface area contributed by atoms with Crippen LogP contribution in [0.4, 0.5) is 0 Å². The minimum atomic E-state index is -4.12. The summed E-state index contributed by atoms with van der Waals surface area (Å²) in [4.78, 5) is 24.6. The van der Waals surface area contributed by atoms with Crippen LogP contribution in [-0.2, 0) is 29.1 Å². The maximum absolute atomic E-state index is 12.7. The number of hydrogen-bond acceptors (Lipinski definition) is 7. The first-order valence-electron chi connectivity index (χ1n) is 8.21. The summed E-state index contributed by atoms with van der Waals surface area (Å²) in [7, 11) is -2.67. The Morgan fingerprint density at radius 3 is 2.30 bits per heavy atom. The van der Waals surface area contributed by atoms with Crippen molar-refractivity contribution in [2.45, 2.75) is 31.7 Å². The zero-order valence-corrected chi connectivity index (χ0v) is 16.7. The van der Waals surface area contributed by atoms with Gasteiger partial charge >= 0.3 is 11.9 Å². The molecule has 8 nitrogen and oxygen atoms in total. The van der Waals surface area contributed by atoms with Crippen LogP contribution in [0, 0.1) is 5.41 Å². The van der Waals surface area contributed by atoms with Crippen molar-refractivity contribution in [2.24, 2.45) is 5.41 Å². The van der Waals surface area contributed by atoms with Crippen LogP contribution in [0.1, 0.15) is 20.8 Å². The normalized spacial score (nSPS) is 12.7. The SMILES string of the molecule is C=CCOC(=O)C(C)(C)C(NS(=O)(=O)c1ccc(OC)cc1)C(=O)OCC. The van der Waals surface area contributed by atoms with Crippen LogP contribution in [0.15, 0.2) is 41.8 Å². The Balaban J connectivity index is 3.21. The fraction of sp³-hybridized carbons (Fsp3) is 0.444. The number of sulfonamides is 1. The molecule has 0 saturated carbocycles. The fourth-order valence-electron chi connectivity index (χ4n) is 2.13. The number of rotatable bonds is 10. The van der Waals surface area contributed by atoms with Gasteiger partial charge in [-0.25, -0.2) is 8.42 Å². The van der Waals surface area contributed by atoms with E-state index >= 15 is 0 Å². The van der Waals surface area contributed by atoms with Crippen molar-refractivity contribution >= 4 is 22.0 Å². The molecular formula is C18H25NO7S. The van der Waals surface area contributed by atoms with Crippen LogP contribution in [0.3, 0.4) is 0 Å². The van der Waals surface area contributed by atoms with Crippen molar-refractivity contribution in [3.05, 3.63) is 36.9 Å². The minimum Gasteiger partial charge on any atom is -0.497 e. The Bertz CT molecular complexity index is 769. The lowest BCUT2D eigenvalue weighted by atomic mass is 9.85. The molecule has 1 aromatic rings. The van der Waals surface area contributed by atoms with Crippen LogP contribution in [-0.4, -0.2) is 46.7 Å². The molecule has 0 saturated heterocycles. The van der Waals surface area contributed by atoms with Crippen molar-refractivity contribution in [3.8, 4) is 5.75 Å². The Kier molecular flexibility index (Phi) is 7.98. The zero-order valence-electron chi connectivity index (χ0n) is 15.9. The van der Waals surface area contributed by atoms with E-state index in [4.69, 9.17) is 14.2 Å². The number of esters is 2. The fourth-order valence-corrected chi connectivity index (χ4v) is 3.46. The maximum Gasteiger partial charge on any atom is 0.325 e. The van der Waals surface area contributed by atoms with Gasteiger partial charge < -0.3 is 14.2 Å². The molecule has 9 heteroatoms. The van der Waals surface area contributed by atoms with Crippen molar-refractivity contribution < 1.29 is 32.2 Å². The molecule has 27 heavy (non-hydrogen) atoms. The molecular weight excluding hydrogens is 374 g/mol. The van der Waals surface area contributed by atoms with Gasteiger partial charge in [0.1, 0.15) is 18.4 Å². The van der Waals surface area contributed by atoms with Gasteiger partial charge in [-0.15, -0.1) is 0 Å². The highest BCUT2D eigenvalue weighted by atomic mass is 32.2. The molecule has 1 N–H and O–H groups in total. The van der Waals surface area contributed by atoms with E-state index in [9.17, 15) is 18.0 Å². The summed E-state index contributed by atoms with van der Waals surface area (Å²) in [6, 6.07) is 4.11. The van der Waals surface area contributed by atoms with Crippen LogP contribution in [0.5, 0.6) is 5.75 Å². The van der Waals surface area contributed by atoms with Gasteiger partial charge in [0.15, 0.2) is 0 Å². The number of nitrogens with one attached hydrogen (secondary N) is 1. The third kappa shape index (κ3) is 5.80. The van der Waals surface area contributed by atoms with Gasteiger partial charge in [-0.3, -0.25) is 9.59 Å². The van der Waals surface area contributed by atoms with E-state index in [1.165, 1.54) is 51.3 Å². The number of carbonyl (C=O) groups is 2. The molecule has 150 valence electrons. The van der Waals surface area contributed by atoms with Crippen molar-refractivity contribution in [2.75, 3.05) is 20.3 Å². The maximum atomic E-state index is 12.7. The van der Waals surface area contributed by atoms with Gasteiger partial charge in [0.2, 0.25) is 10.0 Å². The van der Waals surface area contributed by atoms with Crippen LogP contribution < -0.4 is 9.46 Å². The van der Waals surface area contributed by atoms with Crippen LogP contribution >= 0.6 is 0 Å². The predicted octanol–water partition coefficient (Wildman–Crippen LogP) is 1.66. The Morgan fingerprint density at radius 1 is 1.22 bits per heavy atom. The summed E-state index contributed by atoms with van der Waals surface area (Å²) in [6.45, 7) is 7.78. The lowest BCUT2D eigenvalue weighted by Crippen LogP contribution is -2.54. The van der Waals surface area contributed by atoms with E-state index in [1.807, 2.05) is 0 Å². The second-order valence-electron chi connectivity index (χ2n) is 6.09. The average molecular weight is 399 g/mol. The molecule has 0 aromatic heterocycles. The molecule has 0 amide bonds. The highest BCUT2D eigenvalue weighted by Gasteiger charge is 2.46. The molecule has 0 fully saturated rings. The van der Waals surface area contributed by atoms with Crippen LogP contribution in [0.25, 0.3) is 0 Å². The number of carbonyl (C=O) groups excluding carboxylic acids is 2. The minimum absolute atomic E-state index is 0.0252. The van der Waals surface area contributed by atoms with Gasteiger partial charge in [0, 0.05) is 0 Å². The molecule has 0 heterocycles. The average Bonchev–Trinajstić information content (AvgIpc) is 2.64. The number of benzene rings is 1. The van der Waals surface area contributed by atoms with Crippen molar-refractivity contribution in [1.82, 2.24) is 4.72 Å². The van der Waals surface area contributed by atoms with E-state index < -0.39 is 33.4 Å². The van der Waals surface area contributed by atoms with E-state index in [0.717, 1.165) is 0 Å². The quantitative estimate of drug-likeness (QED) is 0.471. The highest BCUT2D eigenvalue weighted by molar-refractivity contribution is 7.89. The van der Waals surface area contributed by atoms with Gasteiger partial charge in [0.25, 0.3) is 0 Å². The van der Waals surface area contributed by atoms with Gasteiger partial charge in [-0.1, -0.05) is 12.7 Å². The molecule has 1 rings (SSSR count).